The Balaban J connectivity index is 2.05. The summed E-state index contributed by atoms with van der Waals surface area (Å²) in [6, 6.07) is -0.0545. The Kier molecular flexibility index (Phi) is 4.36. The molecule has 0 bridgehead atoms. The molecule has 110 valence electrons. The standard InChI is InChI=1S/C14H25NO4/c1-14(2,3)19-13(17)15-7-8-18-9-11(15)10-5-4-6-12(10)16/h10-12,16H,4-9H2,1-3H3. The van der Waals surface area contributed by atoms with Gasteiger partial charge < -0.3 is 19.5 Å². The first-order valence-electron chi connectivity index (χ1n) is 7.14. The molecule has 1 saturated heterocycles. The molecular formula is C14H25NO4. The largest absolute Gasteiger partial charge is 0.444 e. The van der Waals surface area contributed by atoms with E-state index in [1.807, 2.05) is 20.8 Å². The van der Waals surface area contributed by atoms with Gasteiger partial charge in [0, 0.05) is 12.5 Å². The number of rotatable bonds is 1. The maximum Gasteiger partial charge on any atom is 0.410 e. The summed E-state index contributed by atoms with van der Waals surface area (Å²) in [4.78, 5) is 14.0. The lowest BCUT2D eigenvalue weighted by Gasteiger charge is -2.40. The molecule has 1 N–H and O–H groups in total. The quantitative estimate of drug-likeness (QED) is 0.790. The zero-order chi connectivity index (χ0) is 14.0. The van der Waals surface area contributed by atoms with Gasteiger partial charge in [-0.15, -0.1) is 0 Å². The van der Waals surface area contributed by atoms with E-state index in [0.29, 0.717) is 19.8 Å². The number of morpholine rings is 1. The molecule has 1 saturated carbocycles. The van der Waals surface area contributed by atoms with Gasteiger partial charge in [0.15, 0.2) is 0 Å². The summed E-state index contributed by atoms with van der Waals surface area (Å²) in [5.74, 6) is 0.118. The maximum absolute atomic E-state index is 12.3. The summed E-state index contributed by atoms with van der Waals surface area (Å²) in [6.07, 6.45) is 2.18. The SMILES string of the molecule is CC(C)(C)OC(=O)N1CCOCC1C1CCCC1O. The number of hydrogen-bond acceptors (Lipinski definition) is 4. The Morgan fingerprint density at radius 1 is 1.37 bits per heavy atom. The monoisotopic (exact) mass is 271 g/mol. The van der Waals surface area contributed by atoms with E-state index >= 15 is 0 Å². The van der Waals surface area contributed by atoms with Gasteiger partial charge in [-0.05, 0) is 33.6 Å². The van der Waals surface area contributed by atoms with Crippen molar-refractivity contribution in [2.75, 3.05) is 19.8 Å². The van der Waals surface area contributed by atoms with Crippen molar-refractivity contribution in [1.29, 1.82) is 0 Å². The van der Waals surface area contributed by atoms with Crippen LogP contribution in [0.5, 0.6) is 0 Å². The predicted octanol–water partition coefficient (Wildman–Crippen LogP) is 1.78. The highest BCUT2D eigenvalue weighted by Crippen LogP contribution is 2.32. The minimum Gasteiger partial charge on any atom is -0.444 e. The molecule has 1 amide bonds. The second-order valence-corrected chi connectivity index (χ2v) is 6.48. The van der Waals surface area contributed by atoms with Crippen LogP contribution in [0.2, 0.25) is 0 Å². The third-order valence-corrected chi connectivity index (χ3v) is 3.82. The molecule has 1 aliphatic heterocycles. The average molecular weight is 271 g/mol. The summed E-state index contributed by atoms with van der Waals surface area (Å²) in [5, 5.41) is 10.0. The van der Waals surface area contributed by atoms with Crippen LogP contribution in [-0.4, -0.2) is 53.6 Å². The number of nitrogens with zero attached hydrogens (tertiary/aromatic N) is 1. The van der Waals surface area contributed by atoms with Crippen LogP contribution in [0.4, 0.5) is 4.79 Å². The zero-order valence-electron chi connectivity index (χ0n) is 12.1. The van der Waals surface area contributed by atoms with Gasteiger partial charge in [-0.25, -0.2) is 4.79 Å². The molecule has 3 unspecified atom stereocenters. The van der Waals surface area contributed by atoms with Gasteiger partial charge in [-0.1, -0.05) is 6.42 Å². The van der Waals surface area contributed by atoms with Gasteiger partial charge >= 0.3 is 6.09 Å². The third-order valence-electron chi connectivity index (χ3n) is 3.82. The van der Waals surface area contributed by atoms with Crippen LogP contribution in [0.25, 0.3) is 0 Å². The van der Waals surface area contributed by atoms with E-state index in [0.717, 1.165) is 19.3 Å². The lowest BCUT2D eigenvalue weighted by Crippen LogP contribution is -2.54. The number of carbonyl (C=O) groups excluding carboxylic acids is 1. The van der Waals surface area contributed by atoms with Crippen molar-refractivity contribution in [1.82, 2.24) is 4.90 Å². The van der Waals surface area contributed by atoms with E-state index in [1.165, 1.54) is 0 Å². The molecule has 0 spiro atoms. The molecule has 5 heteroatoms. The Morgan fingerprint density at radius 3 is 2.68 bits per heavy atom. The maximum atomic E-state index is 12.3. The van der Waals surface area contributed by atoms with Crippen molar-refractivity contribution in [2.45, 2.75) is 57.8 Å². The Hall–Kier alpha value is -0.810. The number of ether oxygens (including phenoxy) is 2. The number of amides is 1. The van der Waals surface area contributed by atoms with E-state index in [-0.39, 0.29) is 24.2 Å². The van der Waals surface area contributed by atoms with Crippen molar-refractivity contribution in [3.05, 3.63) is 0 Å². The predicted molar refractivity (Wildman–Crippen MR) is 70.9 cm³/mol. The highest BCUT2D eigenvalue weighted by molar-refractivity contribution is 5.68. The lowest BCUT2D eigenvalue weighted by atomic mass is 9.94. The zero-order valence-corrected chi connectivity index (χ0v) is 12.1. The molecule has 5 nitrogen and oxygen atoms in total. The minimum atomic E-state index is -0.492. The Bertz CT molecular complexity index is 326. The molecule has 0 aromatic rings. The van der Waals surface area contributed by atoms with Gasteiger partial charge in [-0.3, -0.25) is 0 Å². The van der Waals surface area contributed by atoms with Crippen LogP contribution < -0.4 is 0 Å². The first-order valence-corrected chi connectivity index (χ1v) is 7.14. The van der Waals surface area contributed by atoms with E-state index < -0.39 is 5.60 Å². The van der Waals surface area contributed by atoms with Gasteiger partial charge in [-0.2, -0.15) is 0 Å². The molecule has 0 aromatic heterocycles. The van der Waals surface area contributed by atoms with Crippen molar-refractivity contribution >= 4 is 6.09 Å². The van der Waals surface area contributed by atoms with Gasteiger partial charge in [0.25, 0.3) is 0 Å². The summed E-state index contributed by atoms with van der Waals surface area (Å²) in [6.45, 7) is 7.18. The molecule has 1 aliphatic carbocycles. The second-order valence-electron chi connectivity index (χ2n) is 6.48. The van der Waals surface area contributed by atoms with Crippen LogP contribution in [-0.2, 0) is 9.47 Å². The minimum absolute atomic E-state index is 0.0545. The molecule has 1 heterocycles. The van der Waals surface area contributed by atoms with Crippen LogP contribution in [0, 0.1) is 5.92 Å². The summed E-state index contributed by atoms with van der Waals surface area (Å²) < 4.78 is 10.9. The Morgan fingerprint density at radius 2 is 2.11 bits per heavy atom. The summed E-state index contributed by atoms with van der Waals surface area (Å²) in [5.41, 5.74) is -0.492. The van der Waals surface area contributed by atoms with Gasteiger partial charge in [0.2, 0.25) is 0 Å². The van der Waals surface area contributed by atoms with Crippen LogP contribution in [0.15, 0.2) is 0 Å². The Labute approximate surface area is 114 Å². The third kappa shape index (κ3) is 3.60. The van der Waals surface area contributed by atoms with Crippen molar-refractivity contribution in [3.8, 4) is 0 Å². The first kappa shape index (κ1) is 14.6. The van der Waals surface area contributed by atoms with Gasteiger partial charge in [0.1, 0.15) is 5.60 Å². The van der Waals surface area contributed by atoms with Gasteiger partial charge in [0.05, 0.1) is 25.4 Å². The molecule has 2 rings (SSSR count). The second kappa shape index (κ2) is 5.67. The van der Waals surface area contributed by atoms with Crippen molar-refractivity contribution < 1.29 is 19.4 Å². The molecule has 0 radical (unpaired) electrons. The van der Waals surface area contributed by atoms with Crippen molar-refractivity contribution in [2.24, 2.45) is 5.92 Å². The highest BCUT2D eigenvalue weighted by atomic mass is 16.6. The number of carbonyl (C=O) groups is 1. The van der Waals surface area contributed by atoms with E-state index in [9.17, 15) is 9.90 Å². The van der Waals surface area contributed by atoms with Crippen LogP contribution in [0.3, 0.4) is 0 Å². The highest BCUT2D eigenvalue weighted by Gasteiger charge is 2.40. The first-order chi connectivity index (χ1) is 8.88. The van der Waals surface area contributed by atoms with Crippen molar-refractivity contribution in [3.63, 3.8) is 0 Å². The topological polar surface area (TPSA) is 59.0 Å². The smallest absolute Gasteiger partial charge is 0.410 e. The fourth-order valence-electron chi connectivity index (χ4n) is 2.94. The van der Waals surface area contributed by atoms with E-state index in [1.54, 1.807) is 4.90 Å². The average Bonchev–Trinajstić information content (AvgIpc) is 2.73. The molecule has 0 aromatic carbocycles. The normalized spacial score (nSPS) is 32.4. The van der Waals surface area contributed by atoms with Crippen LogP contribution in [0.1, 0.15) is 40.0 Å². The molecule has 2 aliphatic rings. The molecule has 3 atom stereocenters. The number of hydrogen-bond donors (Lipinski definition) is 1. The summed E-state index contributed by atoms with van der Waals surface area (Å²) >= 11 is 0. The van der Waals surface area contributed by atoms with Crippen LogP contribution >= 0.6 is 0 Å². The molecular weight excluding hydrogens is 246 g/mol. The molecule has 2 fully saturated rings. The number of aliphatic hydroxyl groups excluding tert-OH is 1. The van der Waals surface area contributed by atoms with E-state index in [4.69, 9.17) is 9.47 Å². The number of aliphatic hydroxyl groups is 1. The summed E-state index contributed by atoms with van der Waals surface area (Å²) in [7, 11) is 0. The fraction of sp³-hybridized carbons (Fsp3) is 0.929. The molecule has 19 heavy (non-hydrogen) atoms. The van der Waals surface area contributed by atoms with E-state index in [2.05, 4.69) is 0 Å². The fourth-order valence-corrected chi connectivity index (χ4v) is 2.94. The lowest BCUT2D eigenvalue weighted by molar-refractivity contribution is -0.0595.